The Morgan fingerprint density at radius 3 is 2.38 bits per heavy atom. The van der Waals surface area contributed by atoms with Crippen LogP contribution in [0.5, 0.6) is 0 Å². The lowest BCUT2D eigenvalue weighted by atomic mass is 9.51. The molecular weight excluding hydrogens is 306 g/mol. The summed E-state index contributed by atoms with van der Waals surface area (Å²) in [6, 6.07) is 1.66. The molecule has 24 heavy (non-hydrogen) atoms. The van der Waals surface area contributed by atoms with Gasteiger partial charge in [-0.2, -0.15) is 0 Å². The van der Waals surface area contributed by atoms with Crippen LogP contribution in [0.1, 0.15) is 37.9 Å². The summed E-state index contributed by atoms with van der Waals surface area (Å²) in [5.41, 5.74) is 0. The van der Waals surface area contributed by atoms with Gasteiger partial charge in [0, 0.05) is 19.0 Å². The van der Waals surface area contributed by atoms with Gasteiger partial charge in [-0.3, -0.25) is 9.59 Å². The molecule has 0 aromatic carbocycles. The van der Waals surface area contributed by atoms with Crippen LogP contribution >= 0.6 is 0 Å². The molecule has 1 aromatic rings. The highest BCUT2D eigenvalue weighted by molar-refractivity contribution is 5.94. The summed E-state index contributed by atoms with van der Waals surface area (Å²) < 4.78 is 4.93. The minimum Gasteiger partial charge on any atom is -0.360 e. The van der Waals surface area contributed by atoms with Crippen molar-refractivity contribution in [2.24, 2.45) is 29.6 Å². The largest absolute Gasteiger partial charge is 0.360 e. The van der Waals surface area contributed by atoms with E-state index in [1.807, 2.05) is 0 Å². The molecule has 1 heterocycles. The zero-order valence-corrected chi connectivity index (χ0v) is 14.3. The summed E-state index contributed by atoms with van der Waals surface area (Å²) in [5, 5.41) is 6.43. The summed E-state index contributed by atoms with van der Waals surface area (Å²) >= 11 is 0. The number of hydrogen-bond donors (Lipinski definition) is 1. The normalized spacial score (nSPS) is 33.5. The Kier molecular flexibility index (Phi) is 3.85. The van der Waals surface area contributed by atoms with Crippen LogP contribution < -0.4 is 5.32 Å². The molecule has 1 aromatic heterocycles. The summed E-state index contributed by atoms with van der Waals surface area (Å²) in [5.74, 6) is 3.86. The van der Waals surface area contributed by atoms with Gasteiger partial charge >= 0.3 is 0 Å². The standard InChI is InChI=1S/C18H25N3O3/c1-10-3-15(20-24-10)19-16(22)9-21(2)18(23)17-13-5-11-4-12(7-13)8-14(17)6-11/h3,11-14,17H,4-9H2,1-2H3,(H,19,20,22). The topological polar surface area (TPSA) is 75.4 Å². The molecule has 4 aliphatic rings. The fourth-order valence-electron chi connectivity index (χ4n) is 5.48. The minimum atomic E-state index is -0.233. The van der Waals surface area contributed by atoms with Crippen molar-refractivity contribution < 1.29 is 14.1 Å². The van der Waals surface area contributed by atoms with Gasteiger partial charge in [-0.25, -0.2) is 0 Å². The maximum atomic E-state index is 12.9. The molecule has 0 saturated heterocycles. The van der Waals surface area contributed by atoms with E-state index in [4.69, 9.17) is 4.52 Å². The minimum absolute atomic E-state index is 0.0630. The maximum Gasteiger partial charge on any atom is 0.245 e. The number of nitrogens with zero attached hydrogens (tertiary/aromatic N) is 2. The zero-order valence-electron chi connectivity index (χ0n) is 14.3. The van der Waals surface area contributed by atoms with E-state index in [1.165, 1.54) is 32.1 Å². The second-order valence-electron chi connectivity index (χ2n) is 8.02. The first-order valence-electron chi connectivity index (χ1n) is 8.97. The molecule has 0 unspecified atom stereocenters. The average Bonchev–Trinajstić information content (AvgIpc) is 2.90. The third-order valence-corrected chi connectivity index (χ3v) is 6.16. The van der Waals surface area contributed by atoms with Crippen LogP contribution in [0.2, 0.25) is 0 Å². The molecule has 5 rings (SSSR count). The van der Waals surface area contributed by atoms with Crippen molar-refractivity contribution in [1.29, 1.82) is 0 Å². The lowest BCUT2D eigenvalue weighted by molar-refractivity contribution is -0.149. The first-order chi connectivity index (χ1) is 11.5. The highest BCUT2D eigenvalue weighted by atomic mass is 16.5. The van der Waals surface area contributed by atoms with Gasteiger partial charge in [-0.15, -0.1) is 0 Å². The summed E-state index contributed by atoms with van der Waals surface area (Å²) in [4.78, 5) is 26.7. The zero-order chi connectivity index (χ0) is 16.8. The molecule has 4 saturated carbocycles. The Bertz CT molecular complexity index is 626. The Hall–Kier alpha value is -1.85. The molecular formula is C18H25N3O3. The van der Waals surface area contributed by atoms with Crippen molar-refractivity contribution >= 4 is 17.6 Å². The second-order valence-corrected chi connectivity index (χ2v) is 8.02. The Morgan fingerprint density at radius 1 is 1.21 bits per heavy atom. The van der Waals surface area contributed by atoms with Gasteiger partial charge in [-0.1, -0.05) is 5.16 Å². The molecule has 2 amide bonds. The number of aryl methyl sites for hydroxylation is 1. The van der Waals surface area contributed by atoms with E-state index in [1.54, 1.807) is 24.9 Å². The van der Waals surface area contributed by atoms with E-state index >= 15 is 0 Å². The van der Waals surface area contributed by atoms with Crippen molar-refractivity contribution in [3.8, 4) is 0 Å². The average molecular weight is 331 g/mol. The number of hydrogen-bond acceptors (Lipinski definition) is 4. The van der Waals surface area contributed by atoms with Crippen LogP contribution in [-0.2, 0) is 9.59 Å². The third kappa shape index (κ3) is 2.82. The van der Waals surface area contributed by atoms with Crippen molar-refractivity contribution in [1.82, 2.24) is 10.1 Å². The fourth-order valence-corrected chi connectivity index (χ4v) is 5.48. The number of likely N-dealkylation sites (N-methyl/N-ethyl adjacent to an activating group) is 1. The van der Waals surface area contributed by atoms with Gasteiger partial charge in [0.2, 0.25) is 11.8 Å². The maximum absolute atomic E-state index is 12.9. The molecule has 6 heteroatoms. The van der Waals surface area contributed by atoms with Gasteiger partial charge in [0.25, 0.3) is 0 Å². The van der Waals surface area contributed by atoms with Gasteiger partial charge in [0.1, 0.15) is 5.76 Å². The predicted octanol–water partition coefficient (Wildman–Crippen LogP) is 2.45. The quantitative estimate of drug-likeness (QED) is 0.919. The number of carbonyl (C=O) groups is 2. The molecule has 4 bridgehead atoms. The lowest BCUT2D eigenvalue weighted by Gasteiger charge is -2.54. The predicted molar refractivity (Wildman–Crippen MR) is 88.0 cm³/mol. The van der Waals surface area contributed by atoms with Crippen LogP contribution in [0, 0.1) is 36.5 Å². The third-order valence-electron chi connectivity index (χ3n) is 6.16. The SMILES string of the molecule is Cc1cc(NC(=O)CN(C)C(=O)C2C3CC4CC(C3)CC2C4)no1. The van der Waals surface area contributed by atoms with Crippen molar-refractivity contribution in [3.63, 3.8) is 0 Å². The molecule has 4 fully saturated rings. The molecule has 6 nitrogen and oxygen atoms in total. The summed E-state index contributed by atoms with van der Waals surface area (Å²) in [6.45, 7) is 1.83. The van der Waals surface area contributed by atoms with E-state index < -0.39 is 0 Å². The highest BCUT2D eigenvalue weighted by Crippen LogP contribution is 2.56. The number of rotatable bonds is 4. The molecule has 0 spiro atoms. The number of carbonyl (C=O) groups excluding carboxylic acids is 2. The lowest BCUT2D eigenvalue weighted by Crippen LogP contribution is -2.52. The van der Waals surface area contributed by atoms with E-state index in [0.717, 1.165) is 11.8 Å². The van der Waals surface area contributed by atoms with Gasteiger partial charge in [0.05, 0.1) is 6.54 Å². The van der Waals surface area contributed by atoms with Gasteiger partial charge < -0.3 is 14.7 Å². The number of aromatic nitrogens is 1. The molecule has 130 valence electrons. The van der Waals surface area contributed by atoms with Gasteiger partial charge in [0.15, 0.2) is 5.82 Å². The van der Waals surface area contributed by atoms with Crippen LogP contribution in [-0.4, -0.2) is 35.5 Å². The van der Waals surface area contributed by atoms with Crippen LogP contribution in [0.25, 0.3) is 0 Å². The molecule has 1 N–H and O–H groups in total. The Labute approximate surface area is 141 Å². The highest BCUT2D eigenvalue weighted by Gasteiger charge is 2.51. The Morgan fingerprint density at radius 2 is 1.83 bits per heavy atom. The van der Waals surface area contributed by atoms with Gasteiger partial charge in [-0.05, 0) is 62.7 Å². The first kappa shape index (κ1) is 15.7. The molecule has 0 aliphatic heterocycles. The van der Waals surface area contributed by atoms with E-state index in [-0.39, 0.29) is 24.3 Å². The molecule has 4 aliphatic carbocycles. The number of anilines is 1. The molecule has 0 atom stereocenters. The smallest absolute Gasteiger partial charge is 0.245 e. The monoisotopic (exact) mass is 331 g/mol. The van der Waals surface area contributed by atoms with E-state index in [9.17, 15) is 9.59 Å². The fraction of sp³-hybridized carbons (Fsp3) is 0.722. The summed E-state index contributed by atoms with van der Waals surface area (Å²) in [7, 11) is 1.74. The summed E-state index contributed by atoms with van der Waals surface area (Å²) in [6.07, 6.45) is 6.22. The van der Waals surface area contributed by atoms with Crippen molar-refractivity contribution in [3.05, 3.63) is 11.8 Å². The van der Waals surface area contributed by atoms with E-state index in [0.29, 0.717) is 23.4 Å². The second kappa shape index (κ2) is 5.90. The number of amides is 2. The van der Waals surface area contributed by atoms with Crippen LogP contribution in [0.4, 0.5) is 5.82 Å². The van der Waals surface area contributed by atoms with Crippen LogP contribution in [0.3, 0.4) is 0 Å². The van der Waals surface area contributed by atoms with Crippen molar-refractivity contribution in [2.75, 3.05) is 18.9 Å². The first-order valence-corrected chi connectivity index (χ1v) is 8.97. The molecule has 0 radical (unpaired) electrons. The number of nitrogens with one attached hydrogen (secondary N) is 1. The van der Waals surface area contributed by atoms with Crippen molar-refractivity contribution in [2.45, 2.75) is 39.0 Å². The Balaban J connectivity index is 1.36. The van der Waals surface area contributed by atoms with E-state index in [2.05, 4.69) is 10.5 Å². The van der Waals surface area contributed by atoms with Crippen LogP contribution in [0.15, 0.2) is 10.6 Å².